The Morgan fingerprint density at radius 1 is 1.38 bits per heavy atom. The molecule has 0 amide bonds. The summed E-state index contributed by atoms with van der Waals surface area (Å²) in [4.78, 5) is 10.1. The van der Waals surface area contributed by atoms with Crippen LogP contribution in [0.3, 0.4) is 0 Å². The van der Waals surface area contributed by atoms with E-state index in [0.717, 1.165) is 11.8 Å². The number of aldehydes is 1. The van der Waals surface area contributed by atoms with Gasteiger partial charge in [-0.2, -0.15) is 0 Å². The Morgan fingerprint density at radius 3 is 2.56 bits per heavy atom. The summed E-state index contributed by atoms with van der Waals surface area (Å²) in [6.07, 6.45) is -3.11. The van der Waals surface area contributed by atoms with E-state index in [4.69, 9.17) is 0 Å². The summed E-state index contributed by atoms with van der Waals surface area (Å²) in [6.45, 7) is 0. The molecule has 0 atom stereocenters. The molecule has 6 heteroatoms. The molecular weight excluding hydrogens is 289 g/mol. The van der Waals surface area contributed by atoms with Gasteiger partial charge in [-0.05, 0) is 40.0 Å². The monoisotopic (exact) mass is 296 g/mol. The van der Waals surface area contributed by atoms with Crippen molar-refractivity contribution < 1.29 is 22.7 Å². The molecule has 0 spiro atoms. The van der Waals surface area contributed by atoms with E-state index in [2.05, 4.69) is 20.7 Å². The van der Waals surface area contributed by atoms with Gasteiger partial charge in [-0.1, -0.05) is 6.07 Å². The minimum Gasteiger partial charge on any atom is -0.405 e. The highest BCUT2D eigenvalue weighted by Gasteiger charge is 2.31. The Labute approximate surface area is 98.5 Å². The van der Waals surface area contributed by atoms with Gasteiger partial charge in [-0.15, -0.1) is 13.2 Å². The molecular formula is C10H8BrF3O2. The quantitative estimate of drug-likeness (QED) is 0.795. The average Bonchev–Trinajstić information content (AvgIpc) is 2.17. The zero-order valence-electron chi connectivity index (χ0n) is 8.05. The van der Waals surface area contributed by atoms with Crippen molar-refractivity contribution in [3.63, 3.8) is 0 Å². The first-order valence-electron chi connectivity index (χ1n) is 4.40. The van der Waals surface area contributed by atoms with Crippen LogP contribution in [0.15, 0.2) is 22.7 Å². The highest BCUT2D eigenvalue weighted by atomic mass is 79.9. The van der Waals surface area contributed by atoms with Gasteiger partial charge in [-0.3, -0.25) is 0 Å². The van der Waals surface area contributed by atoms with Gasteiger partial charge in [0.1, 0.15) is 12.0 Å². The van der Waals surface area contributed by atoms with E-state index in [9.17, 15) is 18.0 Å². The van der Waals surface area contributed by atoms with Gasteiger partial charge in [0.25, 0.3) is 0 Å². The summed E-state index contributed by atoms with van der Waals surface area (Å²) >= 11 is 2.98. The van der Waals surface area contributed by atoms with Crippen molar-refractivity contribution in [1.29, 1.82) is 0 Å². The molecule has 1 rings (SSSR count). The lowest BCUT2D eigenvalue weighted by molar-refractivity contribution is -0.274. The molecule has 0 unspecified atom stereocenters. The van der Waals surface area contributed by atoms with Crippen molar-refractivity contribution in [2.75, 3.05) is 0 Å². The SMILES string of the molecule is O=CCCc1ccc(OC(F)(F)F)c(Br)c1. The van der Waals surface area contributed by atoms with Gasteiger partial charge >= 0.3 is 6.36 Å². The number of ether oxygens (including phenoxy) is 1. The lowest BCUT2D eigenvalue weighted by atomic mass is 10.1. The first-order valence-corrected chi connectivity index (χ1v) is 5.19. The molecule has 0 radical (unpaired) electrons. The number of benzene rings is 1. The summed E-state index contributed by atoms with van der Waals surface area (Å²) in [5.74, 6) is -0.289. The second kappa shape index (κ2) is 5.34. The predicted octanol–water partition coefficient (Wildman–Crippen LogP) is 3.48. The number of carbonyl (C=O) groups is 1. The molecule has 0 fully saturated rings. The molecule has 0 heterocycles. The minimum absolute atomic E-state index is 0.216. The van der Waals surface area contributed by atoms with Gasteiger partial charge in [0.05, 0.1) is 4.47 Å². The Kier molecular flexibility index (Phi) is 4.35. The summed E-state index contributed by atoms with van der Waals surface area (Å²) < 4.78 is 39.8. The smallest absolute Gasteiger partial charge is 0.405 e. The Hall–Kier alpha value is -1.04. The second-order valence-electron chi connectivity index (χ2n) is 3.02. The molecule has 0 bridgehead atoms. The normalized spacial score (nSPS) is 11.2. The van der Waals surface area contributed by atoms with E-state index in [0.29, 0.717) is 12.8 Å². The molecule has 16 heavy (non-hydrogen) atoms. The number of hydrogen-bond donors (Lipinski definition) is 0. The predicted molar refractivity (Wildman–Crippen MR) is 55.2 cm³/mol. The average molecular weight is 297 g/mol. The fourth-order valence-corrected chi connectivity index (χ4v) is 1.64. The van der Waals surface area contributed by atoms with Crippen LogP contribution in [0.25, 0.3) is 0 Å². The van der Waals surface area contributed by atoms with Crippen molar-refractivity contribution in [2.45, 2.75) is 19.2 Å². The van der Waals surface area contributed by atoms with Gasteiger partial charge in [0, 0.05) is 6.42 Å². The van der Waals surface area contributed by atoms with Crippen LogP contribution >= 0.6 is 15.9 Å². The van der Waals surface area contributed by atoms with Crippen LogP contribution in [0.4, 0.5) is 13.2 Å². The van der Waals surface area contributed by atoms with E-state index in [1.165, 1.54) is 18.2 Å². The summed E-state index contributed by atoms with van der Waals surface area (Å²) in [7, 11) is 0. The maximum absolute atomic E-state index is 11.9. The second-order valence-corrected chi connectivity index (χ2v) is 3.87. The maximum atomic E-state index is 11.9. The van der Waals surface area contributed by atoms with Gasteiger partial charge in [0.2, 0.25) is 0 Å². The van der Waals surface area contributed by atoms with E-state index < -0.39 is 6.36 Å². The molecule has 0 aliphatic carbocycles. The lowest BCUT2D eigenvalue weighted by Crippen LogP contribution is -2.17. The van der Waals surface area contributed by atoms with Crippen molar-refractivity contribution in [3.8, 4) is 5.75 Å². The van der Waals surface area contributed by atoms with Crippen LogP contribution in [0, 0.1) is 0 Å². The summed E-state index contributed by atoms with van der Waals surface area (Å²) in [5, 5.41) is 0. The number of hydrogen-bond acceptors (Lipinski definition) is 2. The van der Waals surface area contributed by atoms with E-state index >= 15 is 0 Å². The van der Waals surface area contributed by atoms with Crippen LogP contribution in [0.2, 0.25) is 0 Å². The molecule has 1 aromatic rings. The Morgan fingerprint density at radius 2 is 2.06 bits per heavy atom. The van der Waals surface area contributed by atoms with Crippen molar-refractivity contribution >= 4 is 22.2 Å². The fraction of sp³-hybridized carbons (Fsp3) is 0.300. The van der Waals surface area contributed by atoms with Crippen molar-refractivity contribution in [2.24, 2.45) is 0 Å². The molecule has 1 aromatic carbocycles. The minimum atomic E-state index is -4.70. The van der Waals surface area contributed by atoms with Crippen LogP contribution < -0.4 is 4.74 Å². The van der Waals surface area contributed by atoms with Crippen LogP contribution in [-0.2, 0) is 11.2 Å². The molecule has 0 saturated heterocycles. The van der Waals surface area contributed by atoms with E-state index in [1.807, 2.05) is 0 Å². The first-order chi connectivity index (χ1) is 7.42. The zero-order valence-corrected chi connectivity index (χ0v) is 9.64. The molecule has 0 N–H and O–H groups in total. The number of carbonyl (C=O) groups excluding carboxylic acids is 1. The molecule has 0 aliphatic heterocycles. The Balaban J connectivity index is 2.79. The molecule has 88 valence electrons. The van der Waals surface area contributed by atoms with Gasteiger partial charge in [-0.25, -0.2) is 0 Å². The highest BCUT2D eigenvalue weighted by Crippen LogP contribution is 2.31. The zero-order chi connectivity index (χ0) is 12.2. The molecule has 0 aliphatic rings. The molecule has 0 saturated carbocycles. The van der Waals surface area contributed by atoms with E-state index in [1.54, 1.807) is 0 Å². The number of rotatable bonds is 4. The number of halogens is 4. The van der Waals surface area contributed by atoms with Crippen molar-refractivity contribution in [3.05, 3.63) is 28.2 Å². The topological polar surface area (TPSA) is 26.3 Å². The van der Waals surface area contributed by atoms with Crippen LogP contribution in [-0.4, -0.2) is 12.6 Å². The third-order valence-electron chi connectivity index (χ3n) is 1.77. The largest absolute Gasteiger partial charge is 0.573 e. The highest BCUT2D eigenvalue weighted by molar-refractivity contribution is 9.10. The van der Waals surface area contributed by atoms with E-state index in [-0.39, 0.29) is 10.2 Å². The number of aryl methyl sites for hydroxylation is 1. The lowest BCUT2D eigenvalue weighted by Gasteiger charge is -2.11. The van der Waals surface area contributed by atoms with Gasteiger partial charge < -0.3 is 9.53 Å². The summed E-state index contributed by atoms with van der Waals surface area (Å²) in [5.41, 5.74) is 0.772. The third-order valence-corrected chi connectivity index (χ3v) is 2.39. The maximum Gasteiger partial charge on any atom is 0.573 e. The fourth-order valence-electron chi connectivity index (χ4n) is 1.13. The standard InChI is InChI=1S/C10H8BrF3O2/c11-8-6-7(2-1-5-15)3-4-9(8)16-10(12,13)14/h3-6H,1-2H2. The number of alkyl halides is 3. The first kappa shape index (κ1) is 13.0. The summed E-state index contributed by atoms with van der Waals surface area (Å²) in [6, 6.07) is 4.22. The Bertz CT molecular complexity index is 377. The van der Waals surface area contributed by atoms with Crippen molar-refractivity contribution in [1.82, 2.24) is 0 Å². The van der Waals surface area contributed by atoms with Crippen LogP contribution in [0.5, 0.6) is 5.75 Å². The molecule has 0 aromatic heterocycles. The van der Waals surface area contributed by atoms with Gasteiger partial charge in [0.15, 0.2) is 0 Å². The third kappa shape index (κ3) is 4.22. The van der Waals surface area contributed by atoms with Crippen LogP contribution in [0.1, 0.15) is 12.0 Å². The molecule has 2 nitrogen and oxygen atoms in total.